The number of aryl methyl sites for hydroxylation is 3. The molecule has 4 amide bonds. The summed E-state index contributed by atoms with van der Waals surface area (Å²) in [5.74, 6) is -0.916. The Morgan fingerprint density at radius 2 is 1.68 bits per heavy atom. The van der Waals surface area contributed by atoms with Gasteiger partial charge in [-0.05, 0) is 73.4 Å². The zero-order valence-corrected chi connectivity index (χ0v) is 20.6. The van der Waals surface area contributed by atoms with Crippen LogP contribution in [0.4, 0.5) is 10.5 Å². The minimum atomic E-state index is -0.784. The Balaban J connectivity index is 1.64. The first-order chi connectivity index (χ1) is 16.2. The molecule has 0 bridgehead atoms. The van der Waals surface area contributed by atoms with E-state index in [2.05, 4.69) is 34.2 Å². The molecule has 0 unspecified atom stereocenters. The maximum absolute atomic E-state index is 13.2. The normalized spacial score (nSPS) is 15.0. The molecule has 172 valence electrons. The summed E-state index contributed by atoms with van der Waals surface area (Å²) in [4.78, 5) is 39.3. The molecule has 4 rings (SSSR count). The summed E-state index contributed by atoms with van der Waals surface area (Å²) in [6.07, 6.45) is 1.46. The van der Waals surface area contributed by atoms with Crippen LogP contribution in [0, 0.1) is 20.8 Å². The number of barbiturate groups is 1. The van der Waals surface area contributed by atoms with Gasteiger partial charge in [0.15, 0.2) is 0 Å². The van der Waals surface area contributed by atoms with Crippen molar-refractivity contribution in [1.29, 1.82) is 0 Å². The minimum absolute atomic E-state index is 0.151. The Labute approximate surface area is 206 Å². The highest BCUT2D eigenvalue weighted by atomic mass is 79.9. The van der Waals surface area contributed by atoms with E-state index in [1.54, 1.807) is 36.4 Å². The first-order valence-electron chi connectivity index (χ1n) is 10.7. The van der Waals surface area contributed by atoms with E-state index >= 15 is 0 Å². The third-order valence-electron chi connectivity index (χ3n) is 5.69. The van der Waals surface area contributed by atoms with E-state index in [-0.39, 0.29) is 5.57 Å². The number of para-hydroxylation sites is 1. The Bertz CT molecular complexity index is 1350. The third-order valence-corrected chi connectivity index (χ3v) is 6.58. The number of hydrogen-bond donors (Lipinski definition) is 1. The van der Waals surface area contributed by atoms with Crippen molar-refractivity contribution in [3.63, 3.8) is 0 Å². The van der Waals surface area contributed by atoms with Gasteiger partial charge < -0.3 is 4.74 Å². The van der Waals surface area contributed by atoms with Crippen molar-refractivity contribution in [3.8, 4) is 5.75 Å². The number of anilines is 1. The number of nitrogens with zero attached hydrogens (tertiary/aromatic N) is 1. The molecule has 0 aliphatic carbocycles. The largest absolute Gasteiger partial charge is 0.488 e. The van der Waals surface area contributed by atoms with E-state index in [1.165, 1.54) is 17.2 Å². The van der Waals surface area contributed by atoms with Gasteiger partial charge >= 0.3 is 6.03 Å². The minimum Gasteiger partial charge on any atom is -0.488 e. The highest BCUT2D eigenvalue weighted by Gasteiger charge is 2.37. The number of rotatable bonds is 5. The lowest BCUT2D eigenvalue weighted by molar-refractivity contribution is -0.122. The van der Waals surface area contributed by atoms with Gasteiger partial charge in [0.05, 0.1) is 5.69 Å². The zero-order valence-electron chi connectivity index (χ0n) is 19.0. The fourth-order valence-corrected chi connectivity index (χ4v) is 3.85. The van der Waals surface area contributed by atoms with Crippen LogP contribution < -0.4 is 15.0 Å². The summed E-state index contributed by atoms with van der Waals surface area (Å²) >= 11 is 3.41. The molecule has 0 aromatic heterocycles. The van der Waals surface area contributed by atoms with Crippen LogP contribution in [0.3, 0.4) is 0 Å². The average molecular weight is 519 g/mol. The first kappa shape index (κ1) is 23.4. The SMILES string of the molecule is Cc1ccc(COc2ccccc2/C=C2/C(=O)NC(=O)N(c3ccc(Br)c(C)c3)C2=O)cc1C. The highest BCUT2D eigenvalue weighted by molar-refractivity contribution is 9.10. The molecule has 0 atom stereocenters. The lowest BCUT2D eigenvalue weighted by Crippen LogP contribution is -2.54. The van der Waals surface area contributed by atoms with Gasteiger partial charge in [0.1, 0.15) is 17.9 Å². The third kappa shape index (κ3) is 4.79. The molecule has 1 N–H and O–H groups in total. The molecule has 1 fully saturated rings. The number of urea groups is 1. The summed E-state index contributed by atoms with van der Waals surface area (Å²) in [6.45, 7) is 6.29. The van der Waals surface area contributed by atoms with Crippen LogP contribution in [-0.4, -0.2) is 17.8 Å². The van der Waals surface area contributed by atoms with Crippen molar-refractivity contribution >= 4 is 45.5 Å². The second-order valence-electron chi connectivity index (χ2n) is 8.14. The van der Waals surface area contributed by atoms with Gasteiger partial charge in [-0.15, -0.1) is 0 Å². The van der Waals surface area contributed by atoms with E-state index in [4.69, 9.17) is 4.74 Å². The van der Waals surface area contributed by atoms with Gasteiger partial charge in [0.25, 0.3) is 11.8 Å². The molecule has 0 radical (unpaired) electrons. The molecule has 0 saturated carbocycles. The topological polar surface area (TPSA) is 75.7 Å². The van der Waals surface area contributed by atoms with Gasteiger partial charge in [-0.1, -0.05) is 52.3 Å². The quantitative estimate of drug-likeness (QED) is 0.351. The van der Waals surface area contributed by atoms with Gasteiger partial charge in [-0.25, -0.2) is 9.69 Å². The van der Waals surface area contributed by atoms with Crippen molar-refractivity contribution in [2.24, 2.45) is 0 Å². The summed E-state index contributed by atoms with van der Waals surface area (Å²) in [5.41, 5.74) is 5.03. The fourth-order valence-electron chi connectivity index (χ4n) is 3.60. The number of hydrogen-bond acceptors (Lipinski definition) is 4. The summed E-state index contributed by atoms with van der Waals surface area (Å²) in [7, 11) is 0. The summed E-state index contributed by atoms with van der Waals surface area (Å²) < 4.78 is 6.87. The molecule has 3 aromatic rings. The van der Waals surface area contributed by atoms with Crippen molar-refractivity contribution in [2.45, 2.75) is 27.4 Å². The van der Waals surface area contributed by atoms with Crippen LogP contribution >= 0.6 is 15.9 Å². The van der Waals surface area contributed by atoms with E-state index < -0.39 is 17.8 Å². The number of benzene rings is 3. The molecule has 6 nitrogen and oxygen atoms in total. The van der Waals surface area contributed by atoms with Gasteiger partial charge in [0, 0.05) is 10.0 Å². The zero-order chi connectivity index (χ0) is 24.4. The highest BCUT2D eigenvalue weighted by Crippen LogP contribution is 2.28. The van der Waals surface area contributed by atoms with Gasteiger partial charge in [-0.2, -0.15) is 0 Å². The second-order valence-corrected chi connectivity index (χ2v) is 8.99. The maximum Gasteiger partial charge on any atom is 0.335 e. The molecule has 3 aromatic carbocycles. The predicted octanol–water partition coefficient (Wildman–Crippen LogP) is 5.62. The molecule has 0 spiro atoms. The van der Waals surface area contributed by atoms with Crippen LogP contribution in [0.1, 0.15) is 27.8 Å². The Morgan fingerprint density at radius 1 is 0.912 bits per heavy atom. The lowest BCUT2D eigenvalue weighted by atomic mass is 10.1. The number of nitrogens with one attached hydrogen (secondary N) is 1. The molecule has 1 heterocycles. The van der Waals surface area contributed by atoms with Crippen LogP contribution in [0.2, 0.25) is 0 Å². The van der Waals surface area contributed by atoms with Crippen LogP contribution in [0.25, 0.3) is 6.08 Å². The Hall–Kier alpha value is -3.71. The molecular weight excluding hydrogens is 496 g/mol. The second kappa shape index (κ2) is 9.65. The smallest absolute Gasteiger partial charge is 0.335 e. The number of carbonyl (C=O) groups excluding carboxylic acids is 3. The van der Waals surface area contributed by atoms with E-state index in [0.29, 0.717) is 23.6 Å². The van der Waals surface area contributed by atoms with E-state index in [0.717, 1.165) is 20.5 Å². The number of carbonyl (C=O) groups is 3. The van der Waals surface area contributed by atoms with Gasteiger partial charge in [-0.3, -0.25) is 14.9 Å². The first-order valence-corrected chi connectivity index (χ1v) is 11.5. The number of amides is 4. The predicted molar refractivity (Wildman–Crippen MR) is 135 cm³/mol. The molecule has 7 heteroatoms. The maximum atomic E-state index is 13.2. The van der Waals surface area contributed by atoms with Crippen LogP contribution in [0.5, 0.6) is 5.75 Å². The molecule has 1 saturated heterocycles. The Kier molecular flexibility index (Phi) is 6.65. The molecule has 1 aliphatic heterocycles. The standard InChI is InChI=1S/C27H23BrN2O4/c1-16-8-9-19(12-17(16)2)15-34-24-7-5-4-6-20(24)14-22-25(31)29-27(33)30(26(22)32)21-10-11-23(28)18(3)13-21/h4-14H,15H2,1-3H3,(H,29,31,33)/b22-14-. The summed E-state index contributed by atoms with van der Waals surface area (Å²) in [6, 6.07) is 17.6. The van der Waals surface area contributed by atoms with Crippen molar-refractivity contribution in [3.05, 3.63) is 98.5 Å². The molecular formula is C27H23BrN2O4. The van der Waals surface area contributed by atoms with Crippen molar-refractivity contribution in [2.75, 3.05) is 4.90 Å². The van der Waals surface area contributed by atoms with Crippen LogP contribution in [0.15, 0.2) is 70.7 Å². The van der Waals surface area contributed by atoms with E-state index in [1.807, 2.05) is 32.0 Å². The lowest BCUT2D eigenvalue weighted by Gasteiger charge is -2.26. The van der Waals surface area contributed by atoms with Crippen molar-refractivity contribution in [1.82, 2.24) is 5.32 Å². The Morgan fingerprint density at radius 3 is 2.41 bits per heavy atom. The number of imide groups is 2. The van der Waals surface area contributed by atoms with Crippen molar-refractivity contribution < 1.29 is 19.1 Å². The molecule has 1 aliphatic rings. The number of halogens is 1. The number of ether oxygens (including phenoxy) is 1. The monoisotopic (exact) mass is 518 g/mol. The molecule has 34 heavy (non-hydrogen) atoms. The van der Waals surface area contributed by atoms with Crippen LogP contribution in [-0.2, 0) is 16.2 Å². The van der Waals surface area contributed by atoms with E-state index in [9.17, 15) is 14.4 Å². The van der Waals surface area contributed by atoms with Gasteiger partial charge in [0.2, 0.25) is 0 Å². The average Bonchev–Trinajstić information content (AvgIpc) is 2.80. The summed E-state index contributed by atoms with van der Waals surface area (Å²) in [5, 5.41) is 2.26. The fraction of sp³-hybridized carbons (Fsp3) is 0.148.